The van der Waals surface area contributed by atoms with Crippen LogP contribution in [0.2, 0.25) is 0 Å². The van der Waals surface area contributed by atoms with Crippen LogP contribution in [0.1, 0.15) is 43.7 Å². The van der Waals surface area contributed by atoms with E-state index >= 15 is 0 Å². The minimum absolute atomic E-state index is 0.0998. The highest BCUT2D eigenvalue weighted by Crippen LogP contribution is 2.38. The van der Waals surface area contributed by atoms with Gasteiger partial charge in [0.2, 0.25) is 5.95 Å². The molecule has 200 valence electrons. The summed E-state index contributed by atoms with van der Waals surface area (Å²) in [7, 11) is 2.19. The number of carbonyl (C=O) groups excluding carboxylic acids is 1. The highest BCUT2D eigenvalue weighted by atomic mass is 19.3. The molecule has 3 saturated heterocycles. The average molecular weight is 516 g/mol. The van der Waals surface area contributed by atoms with Gasteiger partial charge < -0.3 is 25.2 Å². The summed E-state index contributed by atoms with van der Waals surface area (Å²) in [6.45, 7) is 6.18. The fourth-order valence-electron chi connectivity index (χ4n) is 5.64. The number of piperazine rings is 1. The van der Waals surface area contributed by atoms with Crippen LogP contribution in [-0.4, -0.2) is 84.3 Å². The predicted molar refractivity (Wildman–Crippen MR) is 139 cm³/mol. The van der Waals surface area contributed by atoms with Gasteiger partial charge in [-0.1, -0.05) is 13.0 Å². The Hall–Kier alpha value is -3.21. The number of aromatic nitrogens is 2. The van der Waals surface area contributed by atoms with E-state index in [4.69, 9.17) is 4.74 Å². The van der Waals surface area contributed by atoms with E-state index in [0.717, 1.165) is 31.6 Å². The first-order valence-electron chi connectivity index (χ1n) is 13.1. The van der Waals surface area contributed by atoms with Crippen molar-refractivity contribution >= 4 is 29.2 Å². The molecular weight excluding hydrogens is 480 g/mol. The Kier molecular flexibility index (Phi) is 7.59. The van der Waals surface area contributed by atoms with Crippen LogP contribution >= 0.6 is 0 Å². The molecule has 1 aromatic heterocycles. The zero-order valence-corrected chi connectivity index (χ0v) is 21.4. The summed E-state index contributed by atoms with van der Waals surface area (Å²) in [6.07, 6.45) is 1.54. The molecule has 0 aliphatic carbocycles. The number of carbonyl (C=O) groups is 1. The second-order valence-electron chi connectivity index (χ2n) is 9.95. The number of fused-ring (bicyclic) bond motifs is 2. The molecule has 2 aromatic rings. The molecule has 1 aromatic carbocycles. The Balaban J connectivity index is 1.28. The Morgan fingerprint density at radius 1 is 1.24 bits per heavy atom. The standard InChI is InChI=1S/C26H35F2N7O2/c1-3-19-21(7-4-8-22(19)35-16-17-13-18(35)15-33(17)2)31-25-30-14-20(23(27)28)24(32-25)29-9-5-10-34-11-6-12-37-26(34)36/h4,7-8,14,17-18,23H,3,5-6,9-13,15-16H2,1-2H3,(H2,29,30,31,32)/t17-,18-/m1/s1. The maximum atomic E-state index is 13.7. The molecule has 9 nitrogen and oxygen atoms in total. The number of amides is 1. The number of hydrogen-bond acceptors (Lipinski definition) is 8. The molecular formula is C26H35F2N7O2. The van der Waals surface area contributed by atoms with Crippen LogP contribution in [0.5, 0.6) is 0 Å². The molecule has 2 bridgehead atoms. The Labute approximate surface area is 216 Å². The molecule has 1 amide bonds. The molecule has 2 N–H and O–H groups in total. The van der Waals surface area contributed by atoms with Gasteiger partial charge in [0.25, 0.3) is 6.43 Å². The second kappa shape index (κ2) is 11.0. The number of hydrogen-bond donors (Lipinski definition) is 2. The van der Waals surface area contributed by atoms with E-state index in [1.165, 1.54) is 23.9 Å². The number of likely N-dealkylation sites (N-methyl/N-ethyl adjacent to an activating group) is 1. The normalized spacial score (nSPS) is 21.6. The zero-order valence-electron chi connectivity index (χ0n) is 21.4. The molecule has 0 spiro atoms. The number of anilines is 4. The van der Waals surface area contributed by atoms with Crippen molar-refractivity contribution in [2.75, 3.05) is 61.9 Å². The number of rotatable bonds is 10. The van der Waals surface area contributed by atoms with Crippen molar-refractivity contribution in [3.05, 3.63) is 35.5 Å². The Morgan fingerprint density at radius 3 is 2.81 bits per heavy atom. The van der Waals surface area contributed by atoms with Crippen LogP contribution in [0.4, 0.5) is 36.7 Å². The molecule has 3 aliphatic rings. The lowest BCUT2D eigenvalue weighted by Gasteiger charge is -2.35. The highest BCUT2D eigenvalue weighted by molar-refractivity contribution is 5.71. The smallest absolute Gasteiger partial charge is 0.409 e. The molecule has 3 fully saturated rings. The van der Waals surface area contributed by atoms with E-state index in [2.05, 4.69) is 50.4 Å². The summed E-state index contributed by atoms with van der Waals surface area (Å²) in [4.78, 5) is 26.9. The number of cyclic esters (lactones) is 1. The summed E-state index contributed by atoms with van der Waals surface area (Å²) in [6, 6.07) is 7.27. The van der Waals surface area contributed by atoms with Crippen molar-refractivity contribution in [2.45, 2.75) is 51.1 Å². The number of ether oxygens (including phenoxy) is 1. The minimum Gasteiger partial charge on any atom is -0.449 e. The van der Waals surface area contributed by atoms with Gasteiger partial charge in [-0.05, 0) is 50.4 Å². The average Bonchev–Trinajstić information content (AvgIpc) is 3.47. The van der Waals surface area contributed by atoms with Gasteiger partial charge in [0.1, 0.15) is 5.82 Å². The lowest BCUT2D eigenvalue weighted by Crippen LogP contribution is -2.44. The number of alkyl halides is 2. The first-order chi connectivity index (χ1) is 17.9. The molecule has 2 atom stereocenters. The van der Waals surface area contributed by atoms with Gasteiger partial charge in [0.05, 0.1) is 12.2 Å². The van der Waals surface area contributed by atoms with Crippen LogP contribution in [0, 0.1) is 0 Å². The molecule has 0 radical (unpaired) electrons. The highest BCUT2D eigenvalue weighted by Gasteiger charge is 2.42. The quantitative estimate of drug-likeness (QED) is 0.454. The lowest BCUT2D eigenvalue weighted by molar-refractivity contribution is 0.0729. The van der Waals surface area contributed by atoms with Gasteiger partial charge in [-0.15, -0.1) is 0 Å². The number of halogens is 2. The summed E-state index contributed by atoms with van der Waals surface area (Å²) < 4.78 is 32.4. The maximum Gasteiger partial charge on any atom is 0.409 e. The van der Waals surface area contributed by atoms with Crippen molar-refractivity contribution in [3.63, 3.8) is 0 Å². The van der Waals surface area contributed by atoms with Crippen molar-refractivity contribution in [1.29, 1.82) is 0 Å². The fraction of sp³-hybridized carbons (Fsp3) is 0.577. The van der Waals surface area contributed by atoms with Crippen molar-refractivity contribution < 1.29 is 18.3 Å². The van der Waals surface area contributed by atoms with Gasteiger partial charge >= 0.3 is 6.09 Å². The van der Waals surface area contributed by atoms with Crippen LogP contribution in [0.3, 0.4) is 0 Å². The largest absolute Gasteiger partial charge is 0.449 e. The number of nitrogens with one attached hydrogen (secondary N) is 2. The molecule has 37 heavy (non-hydrogen) atoms. The van der Waals surface area contributed by atoms with Crippen LogP contribution in [0.25, 0.3) is 0 Å². The van der Waals surface area contributed by atoms with Crippen LogP contribution in [0.15, 0.2) is 24.4 Å². The second-order valence-corrected chi connectivity index (χ2v) is 9.95. The number of benzene rings is 1. The molecule has 4 heterocycles. The molecule has 0 saturated carbocycles. The topological polar surface area (TPSA) is 85.9 Å². The predicted octanol–water partition coefficient (Wildman–Crippen LogP) is 4.26. The first kappa shape index (κ1) is 25.4. The summed E-state index contributed by atoms with van der Waals surface area (Å²) in [5, 5.41) is 6.30. The summed E-state index contributed by atoms with van der Waals surface area (Å²) in [5.74, 6) is 0.365. The fourth-order valence-corrected chi connectivity index (χ4v) is 5.64. The lowest BCUT2D eigenvalue weighted by atomic mass is 10.1. The third kappa shape index (κ3) is 5.41. The minimum atomic E-state index is -2.70. The van der Waals surface area contributed by atoms with Gasteiger partial charge in [0.15, 0.2) is 0 Å². The van der Waals surface area contributed by atoms with E-state index in [0.29, 0.717) is 44.7 Å². The first-order valence-corrected chi connectivity index (χ1v) is 13.1. The molecule has 3 aliphatic heterocycles. The number of likely N-dealkylation sites (tertiary alicyclic amines) is 1. The van der Waals surface area contributed by atoms with Crippen molar-refractivity contribution in [1.82, 2.24) is 19.8 Å². The molecule has 5 rings (SSSR count). The Morgan fingerprint density at radius 2 is 2.11 bits per heavy atom. The van der Waals surface area contributed by atoms with Gasteiger partial charge in [0, 0.05) is 62.4 Å². The van der Waals surface area contributed by atoms with E-state index in [9.17, 15) is 13.6 Å². The van der Waals surface area contributed by atoms with Gasteiger partial charge in [-0.2, -0.15) is 4.98 Å². The summed E-state index contributed by atoms with van der Waals surface area (Å²) in [5.41, 5.74) is 3.02. The Bertz CT molecular complexity index is 1120. The van der Waals surface area contributed by atoms with Crippen molar-refractivity contribution in [2.24, 2.45) is 0 Å². The SMILES string of the molecule is CCc1c(Nc2ncc(C(F)F)c(NCCCN3CCCOC3=O)n2)cccc1N1C[C@H]2C[C@@H]1CN2C. The monoisotopic (exact) mass is 515 g/mol. The third-order valence-corrected chi connectivity index (χ3v) is 7.58. The molecule has 11 heteroatoms. The van der Waals surface area contributed by atoms with E-state index < -0.39 is 6.43 Å². The van der Waals surface area contributed by atoms with E-state index in [1.54, 1.807) is 4.90 Å². The van der Waals surface area contributed by atoms with Gasteiger partial charge in [-0.25, -0.2) is 18.6 Å². The third-order valence-electron chi connectivity index (χ3n) is 7.58. The molecule has 0 unspecified atom stereocenters. The van der Waals surface area contributed by atoms with E-state index in [-0.39, 0.29) is 23.4 Å². The maximum absolute atomic E-state index is 13.7. The summed E-state index contributed by atoms with van der Waals surface area (Å²) >= 11 is 0. The number of nitrogens with zero attached hydrogens (tertiary/aromatic N) is 5. The van der Waals surface area contributed by atoms with Crippen LogP contribution < -0.4 is 15.5 Å². The zero-order chi connectivity index (χ0) is 25.9. The van der Waals surface area contributed by atoms with E-state index in [1.807, 2.05) is 12.1 Å². The van der Waals surface area contributed by atoms with Crippen LogP contribution in [-0.2, 0) is 11.2 Å². The van der Waals surface area contributed by atoms with Gasteiger partial charge in [-0.3, -0.25) is 4.90 Å². The van der Waals surface area contributed by atoms with Crippen molar-refractivity contribution in [3.8, 4) is 0 Å².